The van der Waals surface area contributed by atoms with Crippen molar-refractivity contribution in [3.8, 4) is 11.5 Å². The van der Waals surface area contributed by atoms with E-state index in [1.807, 2.05) is 43.3 Å². The molecule has 0 bridgehead atoms. The molecule has 0 aliphatic heterocycles. The third kappa shape index (κ3) is 3.26. The fraction of sp³-hybridized carbons (Fsp3) is 0.250. The second kappa shape index (κ2) is 6.25. The summed E-state index contributed by atoms with van der Waals surface area (Å²) in [7, 11) is 1.64. The molecule has 0 heterocycles. The van der Waals surface area contributed by atoms with Gasteiger partial charge in [-0.25, -0.2) is 0 Å². The van der Waals surface area contributed by atoms with Crippen molar-refractivity contribution in [2.75, 3.05) is 7.11 Å². The highest BCUT2D eigenvalue weighted by Gasteiger charge is 2.10. The summed E-state index contributed by atoms with van der Waals surface area (Å²) in [4.78, 5) is 0. The lowest BCUT2D eigenvalue weighted by Gasteiger charge is -2.18. The number of hydrogen-bond acceptors (Lipinski definition) is 3. The average Bonchev–Trinajstić information content (AvgIpc) is 2.48. The average molecular weight is 257 g/mol. The van der Waals surface area contributed by atoms with Crippen molar-refractivity contribution in [2.45, 2.75) is 19.6 Å². The number of benzene rings is 2. The van der Waals surface area contributed by atoms with Crippen molar-refractivity contribution in [2.24, 2.45) is 5.73 Å². The van der Waals surface area contributed by atoms with Crippen molar-refractivity contribution in [1.29, 1.82) is 0 Å². The summed E-state index contributed by atoms with van der Waals surface area (Å²) in [6.07, 6.45) is -0.0140. The van der Waals surface area contributed by atoms with Crippen LogP contribution in [0.2, 0.25) is 0 Å². The minimum Gasteiger partial charge on any atom is -0.497 e. The van der Waals surface area contributed by atoms with E-state index in [1.54, 1.807) is 7.11 Å². The first kappa shape index (κ1) is 13.4. The van der Waals surface area contributed by atoms with Gasteiger partial charge >= 0.3 is 0 Å². The van der Waals surface area contributed by atoms with Gasteiger partial charge in [-0.05, 0) is 30.7 Å². The van der Waals surface area contributed by atoms with E-state index in [2.05, 4.69) is 12.1 Å². The Labute approximate surface area is 114 Å². The van der Waals surface area contributed by atoms with Crippen LogP contribution in [-0.4, -0.2) is 7.11 Å². The Bertz CT molecular complexity index is 526. The van der Waals surface area contributed by atoms with Gasteiger partial charge in [0, 0.05) is 12.1 Å². The molecule has 0 radical (unpaired) electrons. The summed E-state index contributed by atoms with van der Waals surface area (Å²) in [5.41, 5.74) is 7.84. The second-order valence-corrected chi connectivity index (χ2v) is 4.35. The van der Waals surface area contributed by atoms with Gasteiger partial charge in [-0.1, -0.05) is 30.3 Å². The molecule has 0 saturated carbocycles. The second-order valence-electron chi connectivity index (χ2n) is 4.35. The Morgan fingerprint density at radius 1 is 1.11 bits per heavy atom. The van der Waals surface area contributed by atoms with E-state index in [1.165, 1.54) is 0 Å². The molecular formula is C16H19NO2. The zero-order chi connectivity index (χ0) is 13.7. The minimum absolute atomic E-state index is 0.0140. The largest absolute Gasteiger partial charge is 0.497 e. The van der Waals surface area contributed by atoms with Gasteiger partial charge in [0.15, 0.2) is 0 Å². The quantitative estimate of drug-likeness (QED) is 0.893. The Kier molecular flexibility index (Phi) is 4.42. The highest BCUT2D eigenvalue weighted by atomic mass is 16.5. The monoisotopic (exact) mass is 257 g/mol. The van der Waals surface area contributed by atoms with E-state index in [4.69, 9.17) is 15.2 Å². The fourth-order valence-electron chi connectivity index (χ4n) is 1.94. The van der Waals surface area contributed by atoms with E-state index in [0.29, 0.717) is 6.54 Å². The number of methoxy groups -OCH3 is 1. The van der Waals surface area contributed by atoms with Gasteiger partial charge in [0.05, 0.1) is 7.11 Å². The van der Waals surface area contributed by atoms with Crippen LogP contribution in [0.5, 0.6) is 11.5 Å². The van der Waals surface area contributed by atoms with E-state index < -0.39 is 0 Å². The lowest BCUT2D eigenvalue weighted by atomic mass is 10.1. The summed E-state index contributed by atoms with van der Waals surface area (Å²) >= 11 is 0. The lowest BCUT2D eigenvalue weighted by molar-refractivity contribution is 0.224. The maximum Gasteiger partial charge on any atom is 0.124 e. The Balaban J connectivity index is 2.19. The number of rotatable bonds is 5. The van der Waals surface area contributed by atoms with Crippen LogP contribution < -0.4 is 15.2 Å². The predicted octanol–water partition coefficient (Wildman–Crippen LogP) is 3.29. The van der Waals surface area contributed by atoms with Gasteiger partial charge in [-0.3, -0.25) is 0 Å². The third-order valence-corrected chi connectivity index (χ3v) is 3.06. The molecule has 2 N–H and O–H groups in total. The van der Waals surface area contributed by atoms with Gasteiger partial charge in [-0.2, -0.15) is 0 Å². The summed E-state index contributed by atoms with van der Waals surface area (Å²) < 4.78 is 11.2. The van der Waals surface area contributed by atoms with Crippen LogP contribution in [0.4, 0.5) is 0 Å². The maximum absolute atomic E-state index is 5.99. The van der Waals surface area contributed by atoms with Gasteiger partial charge in [0.2, 0.25) is 0 Å². The molecule has 2 aromatic carbocycles. The third-order valence-electron chi connectivity index (χ3n) is 3.06. The summed E-state index contributed by atoms with van der Waals surface area (Å²) in [6.45, 7) is 2.45. The highest BCUT2D eigenvalue weighted by Crippen LogP contribution is 2.28. The number of ether oxygens (including phenoxy) is 2. The minimum atomic E-state index is -0.0140. The molecule has 100 valence electrons. The van der Waals surface area contributed by atoms with Gasteiger partial charge < -0.3 is 15.2 Å². The van der Waals surface area contributed by atoms with Gasteiger partial charge in [0.1, 0.15) is 17.6 Å². The Morgan fingerprint density at radius 3 is 2.47 bits per heavy atom. The van der Waals surface area contributed by atoms with E-state index in [0.717, 1.165) is 22.6 Å². The van der Waals surface area contributed by atoms with Gasteiger partial charge in [0.25, 0.3) is 0 Å². The molecule has 2 rings (SSSR count). The molecule has 0 amide bonds. The van der Waals surface area contributed by atoms with E-state index in [-0.39, 0.29) is 6.10 Å². The Hall–Kier alpha value is -2.00. The molecule has 19 heavy (non-hydrogen) atoms. The fourth-order valence-corrected chi connectivity index (χ4v) is 1.94. The molecule has 1 atom stereocenters. The van der Waals surface area contributed by atoms with Crippen molar-refractivity contribution >= 4 is 0 Å². The van der Waals surface area contributed by atoms with Crippen molar-refractivity contribution in [3.63, 3.8) is 0 Å². The molecule has 0 aliphatic rings. The van der Waals surface area contributed by atoms with Crippen LogP contribution in [-0.2, 0) is 6.54 Å². The van der Waals surface area contributed by atoms with Crippen LogP contribution >= 0.6 is 0 Å². The number of hydrogen-bond donors (Lipinski definition) is 1. The standard InChI is InChI=1S/C16H19NO2/c1-12(13-6-4-3-5-7-13)19-16-9-8-15(18-2)10-14(16)11-17/h3-10,12H,11,17H2,1-2H3. The first-order valence-electron chi connectivity index (χ1n) is 6.33. The van der Waals surface area contributed by atoms with E-state index in [9.17, 15) is 0 Å². The molecule has 0 aliphatic carbocycles. The van der Waals surface area contributed by atoms with Crippen LogP contribution in [0, 0.1) is 0 Å². The van der Waals surface area contributed by atoms with Crippen LogP contribution in [0.25, 0.3) is 0 Å². The topological polar surface area (TPSA) is 44.5 Å². The first-order valence-corrected chi connectivity index (χ1v) is 6.33. The van der Waals surface area contributed by atoms with Crippen LogP contribution in [0.3, 0.4) is 0 Å². The molecular weight excluding hydrogens is 238 g/mol. The van der Waals surface area contributed by atoms with Crippen molar-refractivity contribution in [3.05, 3.63) is 59.7 Å². The summed E-state index contributed by atoms with van der Waals surface area (Å²) in [6, 6.07) is 15.8. The molecule has 3 nitrogen and oxygen atoms in total. The normalized spacial score (nSPS) is 11.9. The lowest BCUT2D eigenvalue weighted by Crippen LogP contribution is -2.07. The molecule has 0 fully saturated rings. The van der Waals surface area contributed by atoms with Crippen molar-refractivity contribution < 1.29 is 9.47 Å². The Morgan fingerprint density at radius 2 is 1.84 bits per heavy atom. The predicted molar refractivity (Wildman–Crippen MR) is 76.4 cm³/mol. The van der Waals surface area contributed by atoms with Crippen molar-refractivity contribution in [1.82, 2.24) is 0 Å². The molecule has 1 unspecified atom stereocenters. The maximum atomic E-state index is 5.99. The zero-order valence-electron chi connectivity index (χ0n) is 11.3. The number of nitrogens with two attached hydrogens (primary N) is 1. The van der Waals surface area contributed by atoms with Gasteiger partial charge in [-0.15, -0.1) is 0 Å². The molecule has 0 saturated heterocycles. The zero-order valence-corrected chi connectivity index (χ0v) is 11.3. The molecule has 0 aromatic heterocycles. The first-order chi connectivity index (χ1) is 9.24. The summed E-state index contributed by atoms with van der Waals surface area (Å²) in [5.74, 6) is 1.60. The molecule has 3 heteroatoms. The van der Waals surface area contributed by atoms with E-state index >= 15 is 0 Å². The smallest absolute Gasteiger partial charge is 0.124 e. The van der Waals surface area contributed by atoms with Crippen LogP contribution in [0.15, 0.2) is 48.5 Å². The van der Waals surface area contributed by atoms with Crippen LogP contribution in [0.1, 0.15) is 24.2 Å². The highest BCUT2D eigenvalue weighted by molar-refractivity contribution is 5.40. The molecule has 0 spiro atoms. The SMILES string of the molecule is COc1ccc(OC(C)c2ccccc2)c(CN)c1. The summed E-state index contributed by atoms with van der Waals surface area (Å²) in [5, 5.41) is 0. The molecule has 2 aromatic rings.